The van der Waals surface area contributed by atoms with Crippen LogP contribution in [0.3, 0.4) is 0 Å². The summed E-state index contributed by atoms with van der Waals surface area (Å²) in [7, 11) is 0. The number of fused-ring (bicyclic) bond motifs is 1. The summed E-state index contributed by atoms with van der Waals surface area (Å²) in [6.07, 6.45) is 2.35. The Hall–Kier alpha value is -4.89. The van der Waals surface area contributed by atoms with Gasteiger partial charge in [-0.15, -0.1) is 0 Å². The van der Waals surface area contributed by atoms with E-state index < -0.39 is 0 Å². The third kappa shape index (κ3) is 5.60. The molecule has 0 spiro atoms. The van der Waals surface area contributed by atoms with Crippen molar-refractivity contribution < 1.29 is 0 Å². The normalized spacial score (nSPS) is 15.0. The molecule has 0 bridgehead atoms. The lowest BCUT2D eigenvalue weighted by molar-refractivity contribution is 0.332. The minimum Gasteiger partial charge on any atom is -0.208 e. The minimum atomic E-state index is 0.0978. The van der Waals surface area contributed by atoms with Crippen molar-refractivity contribution in [2.24, 2.45) is 0 Å². The summed E-state index contributed by atoms with van der Waals surface area (Å²) in [5, 5.41) is 0. The smallest absolute Gasteiger partial charge is 0.164 e. The maximum atomic E-state index is 5.12. The molecule has 0 saturated heterocycles. The SMILES string of the molecule is Cc1cc2c(cc1-c1nc(-c3ccccc3)nc(-c3ccc(-c4ccc(-c5ccccc5)cc4)cc3)n1)C(C)(C)CCC2(C)C. The first-order chi connectivity index (χ1) is 21.7. The lowest BCUT2D eigenvalue weighted by Crippen LogP contribution is -2.34. The van der Waals surface area contributed by atoms with Crippen molar-refractivity contribution in [1.29, 1.82) is 0 Å². The Balaban J connectivity index is 1.29. The minimum absolute atomic E-state index is 0.0978. The van der Waals surface area contributed by atoms with Crippen LogP contribution in [0.5, 0.6) is 0 Å². The lowest BCUT2D eigenvalue weighted by atomic mass is 9.62. The summed E-state index contributed by atoms with van der Waals surface area (Å²) in [6.45, 7) is 11.7. The first kappa shape index (κ1) is 28.9. The predicted molar refractivity (Wildman–Crippen MR) is 187 cm³/mol. The van der Waals surface area contributed by atoms with Crippen molar-refractivity contribution in [2.45, 2.75) is 58.3 Å². The fourth-order valence-electron chi connectivity index (χ4n) is 6.60. The maximum absolute atomic E-state index is 5.12. The molecular weight excluding hydrogens is 546 g/mol. The molecule has 0 saturated carbocycles. The summed E-state index contributed by atoms with van der Waals surface area (Å²) in [4.78, 5) is 15.2. The van der Waals surface area contributed by atoms with E-state index in [1.807, 2.05) is 24.3 Å². The van der Waals surface area contributed by atoms with Crippen LogP contribution < -0.4 is 0 Å². The average molecular weight is 586 g/mol. The molecule has 1 aliphatic carbocycles. The second-order valence-corrected chi connectivity index (χ2v) is 13.7. The number of benzene rings is 5. The standard InChI is InChI=1S/C42H39N3/c1-28-26-36-37(42(4,5)25-24-41(36,2)3)27-35(28)40-44-38(33-14-10-7-11-15-33)43-39(45-40)34-22-20-32(21-23-34)31-18-16-30(17-19-31)29-12-8-6-9-13-29/h6-23,26-27H,24-25H2,1-5H3. The summed E-state index contributed by atoms with van der Waals surface area (Å²) < 4.78 is 0. The third-order valence-electron chi connectivity index (χ3n) is 9.57. The van der Waals surface area contributed by atoms with E-state index in [1.165, 1.54) is 39.8 Å². The highest BCUT2D eigenvalue weighted by molar-refractivity contribution is 5.74. The quantitative estimate of drug-likeness (QED) is 0.202. The van der Waals surface area contributed by atoms with Gasteiger partial charge in [-0.1, -0.05) is 143 Å². The van der Waals surface area contributed by atoms with Crippen LogP contribution in [0.4, 0.5) is 0 Å². The zero-order valence-corrected chi connectivity index (χ0v) is 26.8. The van der Waals surface area contributed by atoms with Crippen molar-refractivity contribution >= 4 is 0 Å². The van der Waals surface area contributed by atoms with Gasteiger partial charge in [0.2, 0.25) is 0 Å². The third-order valence-corrected chi connectivity index (χ3v) is 9.57. The molecule has 0 radical (unpaired) electrons. The molecule has 0 atom stereocenters. The van der Waals surface area contributed by atoms with Crippen LogP contribution in [0.1, 0.15) is 57.2 Å². The van der Waals surface area contributed by atoms with Crippen molar-refractivity contribution in [3.63, 3.8) is 0 Å². The predicted octanol–water partition coefficient (Wildman–Crippen LogP) is 10.9. The Morgan fingerprint density at radius 1 is 0.422 bits per heavy atom. The Morgan fingerprint density at radius 2 is 0.778 bits per heavy atom. The molecule has 0 fully saturated rings. The van der Waals surface area contributed by atoms with Crippen LogP contribution in [0.2, 0.25) is 0 Å². The Bertz CT molecular complexity index is 1970. The fraction of sp³-hybridized carbons (Fsp3) is 0.214. The number of aryl methyl sites for hydroxylation is 1. The Kier molecular flexibility index (Phi) is 7.20. The zero-order chi connectivity index (χ0) is 31.2. The van der Waals surface area contributed by atoms with Gasteiger partial charge in [0.25, 0.3) is 0 Å². The van der Waals surface area contributed by atoms with Crippen molar-refractivity contribution in [1.82, 2.24) is 15.0 Å². The van der Waals surface area contributed by atoms with Crippen molar-refractivity contribution in [3.8, 4) is 56.4 Å². The molecule has 3 heteroatoms. The highest BCUT2D eigenvalue weighted by Gasteiger charge is 2.37. The van der Waals surface area contributed by atoms with Gasteiger partial charge >= 0.3 is 0 Å². The van der Waals surface area contributed by atoms with Gasteiger partial charge in [0, 0.05) is 16.7 Å². The van der Waals surface area contributed by atoms with Crippen LogP contribution >= 0.6 is 0 Å². The van der Waals surface area contributed by atoms with Crippen molar-refractivity contribution in [2.75, 3.05) is 0 Å². The molecule has 0 unspecified atom stereocenters. The highest BCUT2D eigenvalue weighted by atomic mass is 15.0. The Morgan fingerprint density at radius 3 is 1.27 bits per heavy atom. The molecule has 222 valence electrons. The second kappa shape index (κ2) is 11.2. The van der Waals surface area contributed by atoms with E-state index in [0.29, 0.717) is 11.6 Å². The van der Waals surface area contributed by atoms with Gasteiger partial charge in [0.05, 0.1) is 0 Å². The summed E-state index contributed by atoms with van der Waals surface area (Å²) >= 11 is 0. The summed E-state index contributed by atoms with van der Waals surface area (Å²) in [5.41, 5.74) is 12.1. The fourth-order valence-corrected chi connectivity index (χ4v) is 6.60. The summed E-state index contributed by atoms with van der Waals surface area (Å²) in [5.74, 6) is 2.09. The van der Waals surface area contributed by atoms with Gasteiger partial charge in [-0.25, -0.2) is 15.0 Å². The van der Waals surface area contributed by atoms with E-state index in [2.05, 4.69) is 132 Å². The van der Waals surface area contributed by atoms with Gasteiger partial charge in [-0.2, -0.15) is 0 Å². The van der Waals surface area contributed by atoms with Gasteiger partial charge in [-0.05, 0) is 75.6 Å². The first-order valence-corrected chi connectivity index (χ1v) is 15.9. The molecule has 1 heterocycles. The highest BCUT2D eigenvalue weighted by Crippen LogP contribution is 2.47. The maximum Gasteiger partial charge on any atom is 0.164 e. The number of hydrogen-bond acceptors (Lipinski definition) is 3. The average Bonchev–Trinajstić information content (AvgIpc) is 3.07. The van der Waals surface area contributed by atoms with E-state index in [4.69, 9.17) is 15.0 Å². The molecule has 6 aromatic rings. The van der Waals surface area contributed by atoms with Crippen LogP contribution in [-0.2, 0) is 10.8 Å². The topological polar surface area (TPSA) is 38.7 Å². The second-order valence-electron chi connectivity index (χ2n) is 13.7. The largest absolute Gasteiger partial charge is 0.208 e. The van der Waals surface area contributed by atoms with Crippen molar-refractivity contribution in [3.05, 3.63) is 138 Å². The van der Waals surface area contributed by atoms with Crippen LogP contribution in [0.25, 0.3) is 56.4 Å². The number of rotatable bonds is 5. The molecule has 1 aliphatic rings. The van der Waals surface area contributed by atoms with E-state index in [9.17, 15) is 0 Å². The number of nitrogens with zero attached hydrogens (tertiary/aromatic N) is 3. The molecule has 1 aromatic heterocycles. The van der Waals surface area contributed by atoms with E-state index in [1.54, 1.807) is 0 Å². The van der Waals surface area contributed by atoms with Crippen LogP contribution in [0, 0.1) is 6.92 Å². The molecule has 7 rings (SSSR count). The molecule has 45 heavy (non-hydrogen) atoms. The number of hydrogen-bond donors (Lipinski definition) is 0. The van der Waals surface area contributed by atoms with Gasteiger partial charge in [0.15, 0.2) is 17.5 Å². The van der Waals surface area contributed by atoms with Gasteiger partial charge in [-0.3, -0.25) is 0 Å². The molecule has 0 N–H and O–H groups in total. The lowest BCUT2D eigenvalue weighted by Gasteiger charge is -2.42. The van der Waals surface area contributed by atoms with Gasteiger partial charge in [0.1, 0.15) is 0 Å². The zero-order valence-electron chi connectivity index (χ0n) is 26.8. The van der Waals surface area contributed by atoms with Crippen LogP contribution in [-0.4, -0.2) is 15.0 Å². The molecule has 0 aliphatic heterocycles. The summed E-state index contributed by atoms with van der Waals surface area (Å²) in [6, 6.07) is 42.8. The van der Waals surface area contributed by atoms with Crippen LogP contribution in [0.15, 0.2) is 121 Å². The van der Waals surface area contributed by atoms with E-state index >= 15 is 0 Å². The van der Waals surface area contributed by atoms with E-state index in [-0.39, 0.29) is 10.8 Å². The van der Waals surface area contributed by atoms with E-state index in [0.717, 1.165) is 34.5 Å². The molecule has 5 aromatic carbocycles. The molecular formula is C42H39N3. The molecule has 3 nitrogen and oxygen atoms in total. The Labute approximate surface area is 267 Å². The number of aromatic nitrogens is 3. The first-order valence-electron chi connectivity index (χ1n) is 15.9. The monoisotopic (exact) mass is 585 g/mol. The van der Waals surface area contributed by atoms with Gasteiger partial charge < -0.3 is 0 Å². The molecule has 0 amide bonds.